The Morgan fingerprint density at radius 3 is 2.65 bits per heavy atom. The van der Waals surface area contributed by atoms with E-state index in [1.807, 2.05) is 24.3 Å². The number of benzene rings is 1. The molecule has 1 aromatic heterocycles. The summed E-state index contributed by atoms with van der Waals surface area (Å²) < 4.78 is 0. The van der Waals surface area contributed by atoms with Gasteiger partial charge in [0.2, 0.25) is 11.8 Å². The lowest BCUT2D eigenvalue weighted by molar-refractivity contribution is -0.137. The SMILES string of the molecule is C#CC(CC(=O)O)NC(=O)CCC(=O)NCCc1nc2ccccc2[nH]1. The highest BCUT2D eigenvalue weighted by Gasteiger charge is 2.14. The summed E-state index contributed by atoms with van der Waals surface area (Å²) in [6, 6.07) is 6.77. The van der Waals surface area contributed by atoms with Crippen LogP contribution in [0.2, 0.25) is 0 Å². The summed E-state index contributed by atoms with van der Waals surface area (Å²) in [6.07, 6.45) is 5.28. The summed E-state index contributed by atoms with van der Waals surface area (Å²) in [7, 11) is 0. The predicted molar refractivity (Wildman–Crippen MR) is 95.1 cm³/mol. The van der Waals surface area contributed by atoms with Gasteiger partial charge in [-0.25, -0.2) is 4.98 Å². The van der Waals surface area contributed by atoms with Crippen LogP contribution in [0.25, 0.3) is 11.0 Å². The van der Waals surface area contributed by atoms with Crippen molar-refractivity contribution in [2.45, 2.75) is 31.7 Å². The first-order valence-electron chi connectivity index (χ1n) is 8.15. The number of terminal acetylenes is 1. The molecule has 0 spiro atoms. The number of H-pyrrole nitrogens is 1. The molecular formula is C18H20N4O4. The van der Waals surface area contributed by atoms with Gasteiger partial charge in [-0.3, -0.25) is 14.4 Å². The van der Waals surface area contributed by atoms with Crippen LogP contribution in [0.4, 0.5) is 0 Å². The van der Waals surface area contributed by atoms with E-state index >= 15 is 0 Å². The number of hydrogen-bond donors (Lipinski definition) is 4. The lowest BCUT2D eigenvalue weighted by atomic mass is 10.2. The lowest BCUT2D eigenvalue weighted by Gasteiger charge is -2.10. The standard InChI is InChI=1S/C18H20N4O4/c1-2-12(11-18(25)26)20-17(24)8-7-16(23)19-10-9-15-21-13-5-3-4-6-14(13)22-15/h1,3-6,12H,7-11H2,(H,19,23)(H,20,24)(H,21,22)(H,25,26). The van der Waals surface area contributed by atoms with Crippen molar-refractivity contribution < 1.29 is 19.5 Å². The maximum atomic E-state index is 11.8. The van der Waals surface area contributed by atoms with Crippen molar-refractivity contribution in [2.75, 3.05) is 6.54 Å². The van der Waals surface area contributed by atoms with Crippen LogP contribution < -0.4 is 10.6 Å². The van der Waals surface area contributed by atoms with Crippen LogP contribution in [0, 0.1) is 12.3 Å². The third kappa shape index (κ3) is 5.94. The number of nitrogens with zero attached hydrogens (tertiary/aromatic N) is 1. The Morgan fingerprint density at radius 2 is 1.96 bits per heavy atom. The van der Waals surface area contributed by atoms with E-state index in [4.69, 9.17) is 11.5 Å². The molecule has 1 heterocycles. The average Bonchev–Trinajstić information content (AvgIpc) is 3.01. The molecule has 0 aliphatic carbocycles. The number of nitrogens with one attached hydrogen (secondary N) is 3. The molecule has 8 nitrogen and oxygen atoms in total. The number of carbonyl (C=O) groups excluding carboxylic acids is 2. The number of carbonyl (C=O) groups is 3. The minimum Gasteiger partial charge on any atom is -0.481 e. The summed E-state index contributed by atoms with van der Waals surface area (Å²) in [4.78, 5) is 41.7. The van der Waals surface area contributed by atoms with Crippen molar-refractivity contribution in [3.63, 3.8) is 0 Å². The highest BCUT2D eigenvalue weighted by Crippen LogP contribution is 2.10. The topological polar surface area (TPSA) is 124 Å². The molecule has 26 heavy (non-hydrogen) atoms. The minimum absolute atomic E-state index is 0.00364. The van der Waals surface area contributed by atoms with Gasteiger partial charge in [-0.15, -0.1) is 6.42 Å². The summed E-state index contributed by atoms with van der Waals surface area (Å²) in [5.41, 5.74) is 1.81. The van der Waals surface area contributed by atoms with Crippen LogP contribution in [0.15, 0.2) is 24.3 Å². The number of amides is 2. The molecule has 136 valence electrons. The normalized spacial score (nSPS) is 11.5. The number of aromatic nitrogens is 2. The zero-order valence-electron chi connectivity index (χ0n) is 14.1. The molecule has 0 aliphatic rings. The van der Waals surface area contributed by atoms with E-state index < -0.39 is 17.9 Å². The van der Waals surface area contributed by atoms with Crippen LogP contribution in [0.1, 0.15) is 25.1 Å². The molecule has 1 unspecified atom stereocenters. The maximum absolute atomic E-state index is 11.8. The largest absolute Gasteiger partial charge is 0.481 e. The van der Waals surface area contributed by atoms with Crippen molar-refractivity contribution in [1.29, 1.82) is 0 Å². The van der Waals surface area contributed by atoms with Gasteiger partial charge in [-0.2, -0.15) is 0 Å². The van der Waals surface area contributed by atoms with Crippen molar-refractivity contribution in [3.8, 4) is 12.3 Å². The Kier molecular flexibility index (Phi) is 6.74. The molecule has 0 radical (unpaired) electrons. The number of aromatic amines is 1. The van der Waals surface area contributed by atoms with Crippen LogP contribution in [0.5, 0.6) is 0 Å². The van der Waals surface area contributed by atoms with E-state index in [2.05, 4.69) is 26.5 Å². The summed E-state index contributed by atoms with van der Waals surface area (Å²) in [5.74, 6) is 1.14. The van der Waals surface area contributed by atoms with E-state index in [0.717, 1.165) is 16.9 Å². The van der Waals surface area contributed by atoms with E-state index in [1.165, 1.54) is 0 Å². The van der Waals surface area contributed by atoms with Gasteiger partial charge in [-0.05, 0) is 12.1 Å². The maximum Gasteiger partial charge on any atom is 0.306 e. The Balaban J connectivity index is 1.67. The first kappa shape index (κ1) is 19.0. The molecule has 2 amide bonds. The molecule has 8 heteroatoms. The molecule has 2 aromatic rings. The third-order valence-electron chi connectivity index (χ3n) is 3.62. The Bertz CT molecular complexity index is 804. The van der Waals surface area contributed by atoms with Crippen LogP contribution >= 0.6 is 0 Å². The fraction of sp³-hybridized carbons (Fsp3) is 0.333. The molecule has 0 aliphatic heterocycles. The molecule has 0 fully saturated rings. The number of aliphatic carboxylic acids is 1. The van der Waals surface area contributed by atoms with Crippen molar-refractivity contribution in [3.05, 3.63) is 30.1 Å². The van der Waals surface area contributed by atoms with Crippen LogP contribution in [-0.4, -0.2) is 45.4 Å². The van der Waals surface area contributed by atoms with Crippen molar-refractivity contribution in [1.82, 2.24) is 20.6 Å². The number of hydrogen-bond acceptors (Lipinski definition) is 4. The monoisotopic (exact) mass is 356 g/mol. The van der Waals surface area contributed by atoms with Crippen molar-refractivity contribution >= 4 is 28.8 Å². The van der Waals surface area contributed by atoms with Gasteiger partial charge >= 0.3 is 5.97 Å². The van der Waals surface area contributed by atoms with Gasteiger partial charge in [0.1, 0.15) is 11.9 Å². The number of para-hydroxylation sites is 2. The quantitative estimate of drug-likeness (QED) is 0.490. The van der Waals surface area contributed by atoms with E-state index in [1.54, 1.807) is 0 Å². The van der Waals surface area contributed by atoms with Gasteiger partial charge in [0.05, 0.1) is 17.5 Å². The number of rotatable bonds is 9. The van der Waals surface area contributed by atoms with Gasteiger partial charge in [0.15, 0.2) is 0 Å². The number of carboxylic acid groups (broad SMARTS) is 1. The number of carboxylic acids is 1. The van der Waals surface area contributed by atoms with Gasteiger partial charge in [0.25, 0.3) is 0 Å². The molecule has 0 saturated heterocycles. The predicted octanol–water partition coefficient (Wildman–Crippen LogP) is 0.595. The van der Waals surface area contributed by atoms with Gasteiger partial charge in [-0.1, -0.05) is 18.1 Å². The fourth-order valence-electron chi connectivity index (χ4n) is 2.35. The third-order valence-corrected chi connectivity index (χ3v) is 3.62. The molecule has 2 rings (SSSR count). The first-order chi connectivity index (χ1) is 12.5. The smallest absolute Gasteiger partial charge is 0.306 e. The lowest BCUT2D eigenvalue weighted by Crippen LogP contribution is -2.36. The van der Waals surface area contributed by atoms with E-state index in [9.17, 15) is 14.4 Å². The molecule has 4 N–H and O–H groups in total. The van der Waals surface area contributed by atoms with E-state index in [0.29, 0.717) is 13.0 Å². The second-order valence-corrected chi connectivity index (χ2v) is 5.69. The van der Waals surface area contributed by atoms with Crippen molar-refractivity contribution in [2.24, 2.45) is 0 Å². The summed E-state index contributed by atoms with van der Waals surface area (Å²) in [5, 5.41) is 13.8. The fourth-order valence-corrected chi connectivity index (χ4v) is 2.35. The Hall–Kier alpha value is -3.34. The Labute approximate surface area is 150 Å². The highest BCUT2D eigenvalue weighted by molar-refractivity contribution is 5.84. The Morgan fingerprint density at radius 1 is 1.23 bits per heavy atom. The van der Waals surface area contributed by atoms with Gasteiger partial charge in [0, 0.05) is 25.8 Å². The highest BCUT2D eigenvalue weighted by atomic mass is 16.4. The molecule has 1 atom stereocenters. The van der Waals surface area contributed by atoms with Gasteiger partial charge < -0.3 is 20.7 Å². The van der Waals surface area contributed by atoms with Crippen LogP contribution in [0.3, 0.4) is 0 Å². The second-order valence-electron chi connectivity index (χ2n) is 5.69. The molecule has 0 saturated carbocycles. The molecular weight excluding hydrogens is 336 g/mol. The minimum atomic E-state index is -1.10. The second kappa shape index (κ2) is 9.22. The average molecular weight is 356 g/mol. The molecule has 1 aromatic carbocycles. The van der Waals surface area contributed by atoms with Crippen LogP contribution in [-0.2, 0) is 20.8 Å². The first-order valence-corrected chi connectivity index (χ1v) is 8.15. The summed E-state index contributed by atoms with van der Waals surface area (Å²) >= 11 is 0. The summed E-state index contributed by atoms with van der Waals surface area (Å²) in [6.45, 7) is 0.395. The zero-order valence-corrected chi connectivity index (χ0v) is 14.1. The number of imidazole rings is 1. The number of fused-ring (bicyclic) bond motifs is 1. The molecule has 0 bridgehead atoms. The zero-order chi connectivity index (χ0) is 18.9. The van der Waals surface area contributed by atoms with E-state index in [-0.39, 0.29) is 25.2 Å².